The number of hydrogen-bond donors (Lipinski definition) is 0. The van der Waals surface area contributed by atoms with Crippen molar-refractivity contribution < 1.29 is 82.8 Å². The molecule has 0 atom stereocenters. The molecule has 46 heavy (non-hydrogen) atoms. The Kier molecular flexibility index (Phi) is 45.8. The SMILES string of the molecule is CC(C)(C)OC(=O)CCOCCOCCOCCN=[N+]=[N-].CCCOCCOCCOCCC(=O)OC(C)(C)C.[2H]CF.[N-]=[N+]=[N-].[Na+]. The molecule has 0 amide bonds. The van der Waals surface area contributed by atoms with Gasteiger partial charge in [-0.3, -0.25) is 18.9 Å². The maximum atomic E-state index is 11.4. The zero-order chi connectivity index (χ0) is 36.0. The van der Waals surface area contributed by atoms with Crippen LogP contribution in [-0.4, -0.2) is 116 Å². The molecule has 0 radical (unpaired) electrons. The van der Waals surface area contributed by atoms with Crippen molar-refractivity contribution in [3.63, 3.8) is 0 Å². The van der Waals surface area contributed by atoms with Gasteiger partial charge in [-0.2, -0.15) is 0 Å². The standard InChI is InChI=1S/C14H28O5.C13H25N3O5.CH3F.N3.Na/c1-5-7-16-9-11-18-12-10-17-8-6-13(15)19-14(2,3)4;1-13(2,3)21-12(17)4-6-18-8-10-20-11-9-19-7-5-15-16-14;1-2;1-3-2;/h5-12H2,1-4H3;4-11H2,1-3H3;1H3;;/q;;;-1;+1/i;;1D;;. The number of esters is 2. The number of carbonyl (C=O) groups excluding carboxylic acids is 2. The molecule has 0 aliphatic heterocycles. The number of nitrogens with zero attached hydrogens (tertiary/aromatic N) is 6. The Bertz CT molecular complexity index is 784. The van der Waals surface area contributed by atoms with Gasteiger partial charge in [0.05, 0.1) is 94.0 Å². The van der Waals surface area contributed by atoms with Crippen LogP contribution >= 0.6 is 0 Å². The molecule has 0 bridgehead atoms. The summed E-state index contributed by atoms with van der Waals surface area (Å²) in [4.78, 5) is 26.8. The Labute approximate surface area is 297 Å². The van der Waals surface area contributed by atoms with Crippen molar-refractivity contribution in [2.24, 2.45) is 5.11 Å². The summed E-state index contributed by atoms with van der Waals surface area (Å²) in [6.45, 7) is 19.2. The van der Waals surface area contributed by atoms with E-state index >= 15 is 0 Å². The fraction of sp³-hybridized carbons (Fsp3) is 0.929. The topological polar surface area (TPSA) is 215 Å². The van der Waals surface area contributed by atoms with Crippen molar-refractivity contribution in [2.75, 3.05) is 93.0 Å². The van der Waals surface area contributed by atoms with Crippen LogP contribution in [0.1, 0.15) is 69.1 Å². The quantitative estimate of drug-likeness (QED) is 0.0384. The summed E-state index contributed by atoms with van der Waals surface area (Å²) in [5.74, 6) is -0.502. The molecule has 16 nitrogen and oxygen atoms in total. The smallest absolute Gasteiger partial charge is 0.460 e. The van der Waals surface area contributed by atoms with E-state index in [1.165, 1.54) is 4.91 Å². The summed E-state index contributed by atoms with van der Waals surface area (Å²) in [5, 5.41) is 3.33. The summed E-state index contributed by atoms with van der Waals surface area (Å²) >= 11 is 0. The molecule has 0 spiro atoms. The van der Waals surface area contributed by atoms with Crippen LogP contribution in [0.3, 0.4) is 0 Å². The molecule has 0 unspecified atom stereocenters. The van der Waals surface area contributed by atoms with Crippen LogP contribution in [0.15, 0.2) is 5.11 Å². The Morgan fingerprint density at radius 2 is 0.935 bits per heavy atom. The minimum Gasteiger partial charge on any atom is -0.460 e. The van der Waals surface area contributed by atoms with Crippen molar-refractivity contribution in [2.45, 2.75) is 78.9 Å². The normalized spacial score (nSPS) is 10.4. The van der Waals surface area contributed by atoms with Gasteiger partial charge in [-0.15, -0.1) is 0 Å². The molecule has 0 aromatic heterocycles. The van der Waals surface area contributed by atoms with E-state index in [4.69, 9.17) is 55.9 Å². The van der Waals surface area contributed by atoms with Gasteiger partial charge in [0.15, 0.2) is 0 Å². The summed E-state index contributed by atoms with van der Waals surface area (Å²) in [7, 11) is -1.00. The maximum Gasteiger partial charge on any atom is 1.00 e. The second-order valence-electron chi connectivity index (χ2n) is 10.4. The fourth-order valence-electron chi connectivity index (χ4n) is 2.47. The van der Waals surface area contributed by atoms with Crippen LogP contribution in [0.2, 0.25) is 0 Å². The van der Waals surface area contributed by atoms with Gasteiger partial charge in [-0.25, -0.2) is 0 Å². The third-order valence-corrected chi connectivity index (χ3v) is 3.98. The largest absolute Gasteiger partial charge is 1.00 e. The van der Waals surface area contributed by atoms with Gasteiger partial charge in [-0.05, 0) is 53.5 Å². The van der Waals surface area contributed by atoms with Crippen LogP contribution in [-0.2, 0) is 47.5 Å². The number of carbonyl (C=O) groups is 2. The van der Waals surface area contributed by atoms with Gasteiger partial charge < -0.3 is 49.0 Å². The van der Waals surface area contributed by atoms with Crippen LogP contribution in [0.5, 0.6) is 0 Å². The van der Waals surface area contributed by atoms with Crippen molar-refractivity contribution >= 4 is 11.9 Å². The van der Waals surface area contributed by atoms with Gasteiger partial charge in [0.1, 0.15) is 11.2 Å². The van der Waals surface area contributed by atoms with E-state index in [0.717, 1.165) is 13.0 Å². The monoisotopic (exact) mass is 679 g/mol. The first-order chi connectivity index (χ1) is 21.7. The molecule has 0 fully saturated rings. The third kappa shape index (κ3) is 61.3. The van der Waals surface area contributed by atoms with Gasteiger partial charge in [0.25, 0.3) is 0 Å². The second kappa shape index (κ2) is 41.3. The van der Waals surface area contributed by atoms with E-state index in [-0.39, 0.29) is 54.3 Å². The van der Waals surface area contributed by atoms with Gasteiger partial charge in [0, 0.05) is 18.1 Å². The van der Waals surface area contributed by atoms with Crippen LogP contribution in [0, 0.1) is 0 Å². The maximum absolute atomic E-state index is 11.4. The number of alkyl halides is 1. The van der Waals surface area contributed by atoms with E-state index in [0.29, 0.717) is 79.2 Å². The first-order valence-electron chi connectivity index (χ1n) is 15.2. The zero-order valence-corrected chi connectivity index (χ0v) is 31.2. The predicted molar refractivity (Wildman–Crippen MR) is 167 cm³/mol. The number of halogens is 1. The summed E-state index contributed by atoms with van der Waals surface area (Å²) < 4.78 is 57.3. The van der Waals surface area contributed by atoms with Crippen molar-refractivity contribution in [1.29, 1.82) is 0 Å². The first kappa shape index (κ1) is 51.1. The van der Waals surface area contributed by atoms with Crippen LogP contribution in [0.25, 0.3) is 26.4 Å². The van der Waals surface area contributed by atoms with Crippen molar-refractivity contribution in [3.8, 4) is 0 Å². The number of rotatable bonds is 23. The molecule has 0 aliphatic carbocycles. The summed E-state index contributed by atoms with van der Waals surface area (Å²) in [5.41, 5.74) is 20.6. The Hall–Kier alpha value is -1.75. The summed E-state index contributed by atoms with van der Waals surface area (Å²) in [6, 6.07) is 0. The predicted octanol–water partition coefficient (Wildman–Crippen LogP) is 2.71. The van der Waals surface area contributed by atoms with E-state index in [1.807, 2.05) is 41.5 Å². The molecule has 0 saturated heterocycles. The second-order valence-corrected chi connectivity index (χ2v) is 10.4. The fourth-order valence-corrected chi connectivity index (χ4v) is 2.47. The average Bonchev–Trinajstić information content (AvgIpc) is 2.94. The molecule has 18 heteroatoms. The minimum absolute atomic E-state index is 0. The Morgan fingerprint density at radius 3 is 1.22 bits per heavy atom. The van der Waals surface area contributed by atoms with Crippen molar-refractivity contribution in [3.05, 3.63) is 26.4 Å². The van der Waals surface area contributed by atoms with E-state index in [9.17, 15) is 14.0 Å². The molecule has 0 rings (SSSR count). The van der Waals surface area contributed by atoms with Gasteiger partial charge in [-0.1, -0.05) is 12.0 Å². The van der Waals surface area contributed by atoms with Gasteiger partial charge in [0.2, 0.25) is 0 Å². The molecular weight excluding hydrogens is 622 g/mol. The number of hydrogen-bond acceptors (Lipinski definition) is 11. The van der Waals surface area contributed by atoms with Gasteiger partial charge >= 0.3 is 41.5 Å². The molecule has 0 aromatic rings. The molecule has 0 saturated carbocycles. The molecule has 266 valence electrons. The molecule has 0 heterocycles. The molecular formula is C28H56FN6NaO10. The van der Waals surface area contributed by atoms with E-state index in [2.05, 4.69) is 16.9 Å². The van der Waals surface area contributed by atoms with E-state index < -0.39 is 18.4 Å². The summed E-state index contributed by atoms with van der Waals surface area (Å²) in [6.07, 6.45) is 1.53. The minimum atomic E-state index is -1.00. The average molecular weight is 680 g/mol. The Balaban J connectivity index is -0.000000210. The number of ether oxygens (including phenoxy) is 8. The van der Waals surface area contributed by atoms with Crippen LogP contribution < -0.4 is 29.6 Å². The van der Waals surface area contributed by atoms with E-state index in [1.54, 1.807) is 0 Å². The Morgan fingerprint density at radius 1 is 0.652 bits per heavy atom. The van der Waals surface area contributed by atoms with Crippen molar-refractivity contribution in [1.82, 2.24) is 0 Å². The number of azide groups is 1. The first-order valence-corrected chi connectivity index (χ1v) is 14.5. The zero-order valence-electron chi connectivity index (χ0n) is 30.2. The molecule has 0 N–H and O–H groups in total. The molecule has 0 aromatic carbocycles. The third-order valence-electron chi connectivity index (χ3n) is 3.98. The van der Waals surface area contributed by atoms with Crippen LogP contribution in [0.4, 0.5) is 4.39 Å². The molecule has 0 aliphatic rings.